The molecule has 1 aliphatic heterocycles. The first-order valence-electron chi connectivity index (χ1n) is 15.6. The number of esters is 1. The van der Waals surface area contributed by atoms with Crippen LogP contribution in [0.15, 0.2) is 86.1 Å². The lowest BCUT2D eigenvalue weighted by Crippen LogP contribution is -2.45. The fourth-order valence-corrected chi connectivity index (χ4v) is 6.02. The van der Waals surface area contributed by atoms with E-state index in [0.717, 1.165) is 34.9 Å². The summed E-state index contributed by atoms with van der Waals surface area (Å²) in [7, 11) is 0. The van der Waals surface area contributed by atoms with Crippen LogP contribution in [0, 0.1) is 11.8 Å². The Morgan fingerprint density at radius 2 is 1.82 bits per heavy atom. The Kier molecular flexibility index (Phi) is 12.4. The number of para-hydroxylation sites is 1. The second-order valence-electron chi connectivity index (χ2n) is 11.6. The Hall–Kier alpha value is -4.17. The molecular formula is C36H45N3O5. The number of carbonyl (C=O) groups excluding carboxylic acids is 3. The van der Waals surface area contributed by atoms with Gasteiger partial charge in [0.2, 0.25) is 11.8 Å². The third-order valence-corrected chi connectivity index (χ3v) is 8.44. The number of aliphatic hydroxyl groups excluding tert-OH is 1. The Balaban J connectivity index is 1.48. The number of hydrogen-bond donors (Lipinski definition) is 3. The summed E-state index contributed by atoms with van der Waals surface area (Å²) in [6, 6.07) is 17.1. The maximum Gasteiger partial charge on any atom is 0.309 e. The maximum atomic E-state index is 13.7. The molecule has 0 aliphatic carbocycles. The molecule has 3 N–H and O–H groups in total. The molecule has 2 aromatic carbocycles. The van der Waals surface area contributed by atoms with Crippen LogP contribution in [0.1, 0.15) is 49.7 Å². The number of allylic oxidation sites excluding steroid dienone is 2. The highest BCUT2D eigenvalue weighted by Gasteiger charge is 2.32. The van der Waals surface area contributed by atoms with Crippen LogP contribution in [0.5, 0.6) is 0 Å². The highest BCUT2D eigenvalue weighted by molar-refractivity contribution is 5.87. The summed E-state index contributed by atoms with van der Waals surface area (Å²) in [6.07, 6.45) is 9.62. The van der Waals surface area contributed by atoms with Crippen molar-refractivity contribution in [3.63, 3.8) is 0 Å². The predicted octanol–water partition coefficient (Wildman–Crippen LogP) is 5.13. The van der Waals surface area contributed by atoms with Crippen LogP contribution in [-0.2, 0) is 32.0 Å². The van der Waals surface area contributed by atoms with Crippen LogP contribution < -0.4 is 5.32 Å². The molecule has 0 saturated carbocycles. The number of H-pyrrole nitrogens is 1. The monoisotopic (exact) mass is 599 g/mol. The molecule has 1 saturated heterocycles. The van der Waals surface area contributed by atoms with Crippen molar-refractivity contribution >= 4 is 28.7 Å². The van der Waals surface area contributed by atoms with Crippen molar-refractivity contribution < 1.29 is 24.2 Å². The summed E-state index contributed by atoms with van der Waals surface area (Å²) >= 11 is 0. The maximum absolute atomic E-state index is 13.7. The molecular weight excluding hydrogens is 554 g/mol. The summed E-state index contributed by atoms with van der Waals surface area (Å²) in [4.78, 5) is 45.1. The molecule has 4 rings (SSSR count). The molecule has 8 nitrogen and oxygen atoms in total. The smallest absolute Gasteiger partial charge is 0.309 e. The number of hydrogen-bond acceptors (Lipinski definition) is 5. The fraction of sp³-hybridized carbons (Fsp3) is 0.417. The van der Waals surface area contributed by atoms with Crippen LogP contribution in [0.3, 0.4) is 0 Å². The third kappa shape index (κ3) is 8.92. The van der Waals surface area contributed by atoms with E-state index < -0.39 is 12.0 Å². The minimum atomic E-state index is -0.625. The first-order valence-corrected chi connectivity index (χ1v) is 15.6. The number of likely N-dealkylation sites (tertiary alicyclic amines) is 1. The number of ether oxygens (including phenoxy) is 1. The normalized spacial score (nSPS) is 16.7. The van der Waals surface area contributed by atoms with E-state index in [1.165, 1.54) is 0 Å². The van der Waals surface area contributed by atoms with Gasteiger partial charge in [-0.2, -0.15) is 0 Å². The first-order chi connectivity index (χ1) is 21.4. The fourth-order valence-electron chi connectivity index (χ4n) is 6.02. The molecule has 1 fully saturated rings. The molecule has 4 atom stereocenters. The van der Waals surface area contributed by atoms with Crippen molar-refractivity contribution in [2.45, 2.75) is 63.5 Å². The Morgan fingerprint density at radius 3 is 2.57 bits per heavy atom. The minimum Gasteiger partial charge on any atom is -0.463 e. The van der Waals surface area contributed by atoms with Gasteiger partial charge in [0, 0.05) is 30.1 Å². The average Bonchev–Trinajstić information content (AvgIpc) is 3.69. The summed E-state index contributed by atoms with van der Waals surface area (Å²) in [5.41, 5.74) is 3.03. The second-order valence-corrected chi connectivity index (χ2v) is 11.6. The summed E-state index contributed by atoms with van der Waals surface area (Å²) in [5, 5.41) is 13.8. The van der Waals surface area contributed by atoms with Crippen LogP contribution >= 0.6 is 0 Å². The average molecular weight is 600 g/mol. The lowest BCUT2D eigenvalue weighted by atomic mass is 9.94. The quantitative estimate of drug-likeness (QED) is 0.147. The number of carbonyl (C=O) groups is 3. The highest BCUT2D eigenvalue weighted by Crippen LogP contribution is 2.23. The molecule has 0 spiro atoms. The standard InChI is InChI=1S/C36H45N3O5/c1-3-5-15-28(20-26-13-7-6-8-14-26)36(43)44-25-30(21-29-23-37-33-18-10-9-17-32(29)33)38-35(42)27(12-4-2)22-34(41)39-19-11-16-31(39)24-40/h3-4,6-10,13-14,17-18,23,27-28,30-31,37,40H,1-2,5,11-12,15-16,19-22,24-25H2,(H,38,42). The van der Waals surface area contributed by atoms with E-state index in [1.807, 2.05) is 60.8 Å². The summed E-state index contributed by atoms with van der Waals surface area (Å²) in [5.74, 6) is -1.71. The SMILES string of the molecule is C=CCCC(Cc1ccccc1)C(=O)OCC(Cc1c[nH]c2ccccc12)NC(=O)C(CC=C)CC(=O)N1CCCC1CO. The van der Waals surface area contributed by atoms with Crippen molar-refractivity contribution in [2.24, 2.45) is 11.8 Å². The Bertz CT molecular complexity index is 1400. The van der Waals surface area contributed by atoms with Crippen LogP contribution in [0.2, 0.25) is 0 Å². The summed E-state index contributed by atoms with van der Waals surface area (Å²) < 4.78 is 5.91. The van der Waals surface area contributed by atoms with Crippen molar-refractivity contribution in [3.8, 4) is 0 Å². The van der Waals surface area contributed by atoms with Gasteiger partial charge in [0.05, 0.1) is 30.5 Å². The molecule has 2 heterocycles. The van der Waals surface area contributed by atoms with E-state index >= 15 is 0 Å². The highest BCUT2D eigenvalue weighted by atomic mass is 16.5. The van der Waals surface area contributed by atoms with Gasteiger partial charge in [0.15, 0.2) is 0 Å². The van der Waals surface area contributed by atoms with Crippen molar-refractivity contribution in [1.82, 2.24) is 15.2 Å². The number of rotatable bonds is 17. The van der Waals surface area contributed by atoms with Crippen molar-refractivity contribution in [2.75, 3.05) is 19.8 Å². The Morgan fingerprint density at radius 1 is 1.05 bits per heavy atom. The minimum absolute atomic E-state index is 0.00305. The largest absolute Gasteiger partial charge is 0.463 e. The zero-order chi connectivity index (χ0) is 31.3. The molecule has 234 valence electrons. The Labute approximate surface area is 260 Å². The van der Waals surface area contributed by atoms with Gasteiger partial charge in [-0.15, -0.1) is 13.2 Å². The molecule has 3 aromatic rings. The number of nitrogens with one attached hydrogen (secondary N) is 2. The number of aliphatic hydroxyl groups is 1. The molecule has 4 unspecified atom stereocenters. The van der Waals surface area contributed by atoms with Gasteiger partial charge in [-0.3, -0.25) is 14.4 Å². The van der Waals surface area contributed by atoms with E-state index in [4.69, 9.17) is 4.74 Å². The molecule has 2 amide bonds. The predicted molar refractivity (Wildman–Crippen MR) is 173 cm³/mol. The van der Waals surface area contributed by atoms with Gasteiger partial charge in [-0.05, 0) is 62.1 Å². The topological polar surface area (TPSA) is 112 Å². The molecule has 44 heavy (non-hydrogen) atoms. The first kappa shape index (κ1) is 32.7. The second kappa shape index (κ2) is 16.6. The third-order valence-electron chi connectivity index (χ3n) is 8.44. The van der Waals surface area contributed by atoms with Crippen molar-refractivity contribution in [1.29, 1.82) is 0 Å². The van der Waals surface area contributed by atoms with E-state index in [1.54, 1.807) is 17.1 Å². The van der Waals surface area contributed by atoms with Gasteiger partial charge >= 0.3 is 5.97 Å². The number of aromatic nitrogens is 1. The van der Waals surface area contributed by atoms with E-state index in [0.29, 0.717) is 38.6 Å². The zero-order valence-corrected chi connectivity index (χ0v) is 25.5. The number of amides is 2. The van der Waals surface area contributed by atoms with Crippen LogP contribution in [0.4, 0.5) is 0 Å². The number of nitrogens with zero attached hydrogens (tertiary/aromatic N) is 1. The van der Waals surface area contributed by atoms with Gasteiger partial charge in [-0.25, -0.2) is 0 Å². The zero-order valence-electron chi connectivity index (χ0n) is 25.5. The van der Waals surface area contributed by atoms with E-state index in [9.17, 15) is 19.5 Å². The molecule has 0 radical (unpaired) electrons. The van der Waals surface area contributed by atoms with E-state index in [2.05, 4.69) is 23.5 Å². The molecule has 0 bridgehead atoms. The van der Waals surface area contributed by atoms with Crippen molar-refractivity contribution in [3.05, 3.63) is 97.2 Å². The van der Waals surface area contributed by atoms with Crippen LogP contribution in [-0.4, -0.2) is 64.6 Å². The van der Waals surface area contributed by atoms with Crippen LogP contribution in [0.25, 0.3) is 10.9 Å². The number of benzene rings is 2. The summed E-state index contributed by atoms with van der Waals surface area (Å²) in [6.45, 7) is 8.11. The van der Waals surface area contributed by atoms with Gasteiger partial charge < -0.3 is 25.0 Å². The van der Waals surface area contributed by atoms with E-state index in [-0.39, 0.29) is 49.4 Å². The molecule has 1 aliphatic rings. The number of aromatic amines is 1. The van der Waals surface area contributed by atoms with Gasteiger partial charge in [0.25, 0.3) is 0 Å². The molecule has 1 aromatic heterocycles. The van der Waals surface area contributed by atoms with Gasteiger partial charge in [-0.1, -0.05) is 60.7 Å². The lowest BCUT2D eigenvalue weighted by Gasteiger charge is -2.26. The molecule has 8 heteroatoms. The number of fused-ring (bicyclic) bond motifs is 1. The lowest BCUT2D eigenvalue weighted by molar-refractivity contribution is -0.150. The van der Waals surface area contributed by atoms with Gasteiger partial charge in [0.1, 0.15) is 6.61 Å².